The van der Waals surface area contributed by atoms with Crippen molar-refractivity contribution in [2.24, 2.45) is 17.3 Å². The van der Waals surface area contributed by atoms with Crippen LogP contribution in [-0.2, 0) is 57.2 Å². The minimum atomic E-state index is -2.25. The highest BCUT2D eigenvalue weighted by molar-refractivity contribution is 5.94. The SMILES string of the molecule is C=C1[C@H](OC(C)=O)C[C@@H](OC(=O)c2cccnc2)C(C)(C)/C=C\[C@@H](C)C(=O)[C@@]2(OC(C)=O)C[C@@](C)(OC(C)=O)[C@H](OC(C)=O)[C@@H]2[C@H]1OC(C)=O. The fourth-order valence-electron chi connectivity index (χ4n) is 6.80. The third-order valence-electron chi connectivity index (χ3n) is 8.83. The molecule has 50 heavy (non-hydrogen) atoms. The molecule has 1 saturated carbocycles. The highest BCUT2D eigenvalue weighted by Crippen LogP contribution is 2.54. The van der Waals surface area contributed by atoms with E-state index in [9.17, 15) is 33.6 Å². The summed E-state index contributed by atoms with van der Waals surface area (Å²) >= 11 is 0. The molecule has 0 unspecified atom stereocenters. The molecular weight excluding hydrogens is 654 g/mol. The molecule has 0 aromatic carbocycles. The molecule has 272 valence electrons. The van der Waals surface area contributed by atoms with Crippen molar-refractivity contribution in [2.75, 3.05) is 0 Å². The number of nitrogens with zero attached hydrogens (tertiary/aromatic N) is 1. The largest absolute Gasteiger partial charge is 0.458 e. The van der Waals surface area contributed by atoms with Gasteiger partial charge in [-0.25, -0.2) is 4.79 Å². The van der Waals surface area contributed by atoms with E-state index in [2.05, 4.69) is 11.6 Å². The van der Waals surface area contributed by atoms with E-state index >= 15 is 0 Å². The third-order valence-corrected chi connectivity index (χ3v) is 8.83. The first-order valence-electron chi connectivity index (χ1n) is 16.1. The van der Waals surface area contributed by atoms with Crippen LogP contribution >= 0.6 is 0 Å². The van der Waals surface area contributed by atoms with E-state index in [1.807, 2.05) is 0 Å². The monoisotopic (exact) mass is 699 g/mol. The third kappa shape index (κ3) is 8.82. The zero-order valence-corrected chi connectivity index (χ0v) is 29.8. The van der Waals surface area contributed by atoms with Crippen molar-refractivity contribution in [2.45, 2.75) is 111 Å². The van der Waals surface area contributed by atoms with Gasteiger partial charge in [0.1, 0.15) is 18.3 Å². The predicted octanol–water partition coefficient (Wildman–Crippen LogP) is 3.79. The molecule has 3 rings (SSSR count). The Bertz CT molecular complexity index is 1570. The molecule has 2 aliphatic rings. The summed E-state index contributed by atoms with van der Waals surface area (Å²) in [6.07, 6.45) is -0.387. The van der Waals surface area contributed by atoms with Crippen LogP contribution in [-0.4, -0.2) is 82.2 Å². The molecule has 1 fully saturated rings. The number of Topliss-reactive ketones (excluding diaryl/α,β-unsaturated/α-hetero) is 1. The number of pyridine rings is 1. The Morgan fingerprint density at radius 3 is 1.96 bits per heavy atom. The number of ketones is 1. The molecule has 8 atom stereocenters. The predicted molar refractivity (Wildman–Crippen MR) is 174 cm³/mol. The fourth-order valence-corrected chi connectivity index (χ4v) is 6.80. The van der Waals surface area contributed by atoms with Gasteiger partial charge in [0.25, 0.3) is 0 Å². The minimum absolute atomic E-state index is 0.121. The Kier molecular flexibility index (Phi) is 12.1. The molecular formula is C36H45NO13. The number of rotatable bonds is 7. The number of allylic oxidation sites excluding steroid dienone is 1. The zero-order valence-electron chi connectivity index (χ0n) is 29.8. The maximum absolute atomic E-state index is 14.8. The molecule has 0 aliphatic heterocycles. The van der Waals surface area contributed by atoms with Crippen LogP contribution in [0.2, 0.25) is 0 Å². The highest BCUT2D eigenvalue weighted by atomic mass is 16.6. The Morgan fingerprint density at radius 1 is 0.840 bits per heavy atom. The van der Waals surface area contributed by atoms with Crippen LogP contribution in [0.3, 0.4) is 0 Å². The first-order chi connectivity index (χ1) is 23.1. The van der Waals surface area contributed by atoms with Gasteiger partial charge in [0, 0.05) is 76.8 Å². The zero-order chi connectivity index (χ0) is 37.8. The maximum atomic E-state index is 14.8. The molecule has 14 heteroatoms. The lowest BCUT2D eigenvalue weighted by Crippen LogP contribution is -2.57. The summed E-state index contributed by atoms with van der Waals surface area (Å²) in [5.41, 5.74) is -5.08. The van der Waals surface area contributed by atoms with Crippen LogP contribution in [0.15, 0.2) is 48.8 Å². The lowest BCUT2D eigenvalue weighted by molar-refractivity contribution is -0.190. The second-order valence-corrected chi connectivity index (χ2v) is 13.5. The molecule has 0 saturated heterocycles. The first-order valence-corrected chi connectivity index (χ1v) is 16.1. The van der Waals surface area contributed by atoms with Gasteiger partial charge in [0.15, 0.2) is 23.1 Å². The van der Waals surface area contributed by atoms with Crippen LogP contribution < -0.4 is 0 Å². The van der Waals surface area contributed by atoms with Crippen molar-refractivity contribution in [3.05, 3.63) is 54.4 Å². The number of esters is 6. The molecule has 0 spiro atoms. The lowest BCUT2D eigenvalue weighted by Gasteiger charge is -2.42. The Hall–Kier alpha value is -4.88. The number of aromatic nitrogens is 1. The summed E-state index contributed by atoms with van der Waals surface area (Å²) in [4.78, 5) is 95.5. The summed E-state index contributed by atoms with van der Waals surface area (Å²) in [5.74, 6) is -8.29. The molecule has 1 heterocycles. The van der Waals surface area contributed by atoms with Crippen LogP contribution in [0.4, 0.5) is 0 Å². The van der Waals surface area contributed by atoms with Crippen molar-refractivity contribution in [1.29, 1.82) is 0 Å². The summed E-state index contributed by atoms with van der Waals surface area (Å²) in [5, 5.41) is 0. The number of hydrogen-bond acceptors (Lipinski definition) is 14. The van der Waals surface area contributed by atoms with Crippen molar-refractivity contribution in [3.8, 4) is 0 Å². The van der Waals surface area contributed by atoms with Crippen LogP contribution in [0, 0.1) is 17.3 Å². The average molecular weight is 700 g/mol. The Balaban J connectivity index is 2.41. The van der Waals surface area contributed by atoms with Crippen molar-refractivity contribution < 1.29 is 62.0 Å². The quantitative estimate of drug-likeness (QED) is 0.227. The van der Waals surface area contributed by atoms with E-state index in [-0.39, 0.29) is 17.6 Å². The van der Waals surface area contributed by atoms with Crippen molar-refractivity contribution >= 4 is 41.6 Å². The Morgan fingerprint density at radius 2 is 1.44 bits per heavy atom. The molecule has 2 aliphatic carbocycles. The maximum Gasteiger partial charge on any atom is 0.340 e. The summed E-state index contributed by atoms with van der Waals surface area (Å²) < 4.78 is 34.9. The first kappa shape index (κ1) is 39.6. The van der Waals surface area contributed by atoms with Gasteiger partial charge < -0.3 is 28.4 Å². The van der Waals surface area contributed by atoms with Gasteiger partial charge in [-0.3, -0.25) is 33.8 Å². The van der Waals surface area contributed by atoms with Gasteiger partial charge >= 0.3 is 35.8 Å². The van der Waals surface area contributed by atoms with E-state index in [4.69, 9.17) is 28.4 Å². The van der Waals surface area contributed by atoms with Gasteiger partial charge in [-0.15, -0.1) is 0 Å². The van der Waals surface area contributed by atoms with Crippen molar-refractivity contribution in [1.82, 2.24) is 4.98 Å². The summed E-state index contributed by atoms with van der Waals surface area (Å²) in [6.45, 7) is 16.0. The number of carbonyl (C=O) groups is 7. The molecule has 0 amide bonds. The molecule has 0 N–H and O–H groups in total. The van der Waals surface area contributed by atoms with Crippen LogP contribution in [0.25, 0.3) is 0 Å². The highest BCUT2D eigenvalue weighted by Gasteiger charge is 2.71. The van der Waals surface area contributed by atoms with Gasteiger partial charge in [-0.2, -0.15) is 0 Å². The molecule has 1 aromatic rings. The van der Waals surface area contributed by atoms with Gasteiger partial charge in [-0.05, 0) is 19.1 Å². The number of carbonyl (C=O) groups excluding carboxylic acids is 7. The number of ether oxygens (including phenoxy) is 6. The van der Waals surface area contributed by atoms with E-state index in [0.29, 0.717) is 0 Å². The smallest absolute Gasteiger partial charge is 0.340 e. The van der Waals surface area contributed by atoms with Crippen molar-refractivity contribution in [3.63, 3.8) is 0 Å². The summed E-state index contributed by atoms with van der Waals surface area (Å²) in [6, 6.07) is 3.07. The summed E-state index contributed by atoms with van der Waals surface area (Å²) in [7, 11) is 0. The molecule has 0 bridgehead atoms. The van der Waals surface area contributed by atoms with Gasteiger partial charge in [0.05, 0.1) is 11.5 Å². The Labute approximate surface area is 290 Å². The number of hydrogen-bond donors (Lipinski definition) is 0. The second kappa shape index (κ2) is 15.3. The average Bonchev–Trinajstić information content (AvgIpc) is 3.22. The van der Waals surface area contributed by atoms with E-state index < -0.39 is 101 Å². The molecule has 1 aromatic heterocycles. The van der Waals surface area contributed by atoms with E-state index in [1.165, 1.54) is 31.5 Å². The molecule has 0 radical (unpaired) electrons. The van der Waals surface area contributed by atoms with Gasteiger partial charge in [0.2, 0.25) is 0 Å². The van der Waals surface area contributed by atoms with E-state index in [1.54, 1.807) is 32.9 Å². The van der Waals surface area contributed by atoms with E-state index in [0.717, 1.165) is 34.6 Å². The fraction of sp³-hybridized carbons (Fsp3) is 0.556. The molecule has 14 nitrogen and oxygen atoms in total. The number of fused-ring (bicyclic) bond motifs is 1. The normalized spacial score (nSPS) is 31.4. The minimum Gasteiger partial charge on any atom is -0.458 e. The van der Waals surface area contributed by atoms with Gasteiger partial charge in [-0.1, -0.05) is 39.5 Å². The van der Waals surface area contributed by atoms with Crippen LogP contribution in [0.5, 0.6) is 0 Å². The lowest BCUT2D eigenvalue weighted by atomic mass is 9.72. The topological polar surface area (TPSA) is 188 Å². The standard InChI is InChI=1S/C36H45NO13/c1-19-13-14-34(8,9)28(48-33(44)26-12-11-15-37-17-26)16-27(45-21(3)38)20(2)30(46-22(4)39)29-32(47-23(5)40)35(10,49-24(6)41)18-36(29,31(19)43)50-25(7)42/h11-15,17,19,27-30,32H,2,16,18H2,1,3-10H3/b14-13-/t19-,27-,28-,29+,30+,32-,35-,36-/m1/s1. The second-order valence-electron chi connectivity index (χ2n) is 13.5. The van der Waals surface area contributed by atoms with Crippen LogP contribution in [0.1, 0.15) is 85.5 Å².